The van der Waals surface area contributed by atoms with Crippen LogP contribution in [-0.2, 0) is 20.7 Å². The third-order valence-electron chi connectivity index (χ3n) is 5.51. The Labute approximate surface area is 195 Å². The highest BCUT2D eigenvalue weighted by molar-refractivity contribution is 5.99. The monoisotopic (exact) mass is 452 g/mol. The molecule has 1 fully saturated rings. The maximum atomic E-state index is 13.1. The van der Waals surface area contributed by atoms with Crippen LogP contribution < -0.4 is 10.1 Å². The summed E-state index contributed by atoms with van der Waals surface area (Å²) in [4.78, 5) is 39.2. The summed E-state index contributed by atoms with van der Waals surface area (Å²) < 4.78 is 11.0. The zero-order valence-electron chi connectivity index (χ0n) is 19.3. The van der Waals surface area contributed by atoms with E-state index in [4.69, 9.17) is 9.47 Å². The van der Waals surface area contributed by atoms with Crippen LogP contribution in [0.3, 0.4) is 0 Å². The third kappa shape index (κ3) is 7.34. The number of rotatable bonds is 10. The van der Waals surface area contributed by atoms with Gasteiger partial charge in [0.2, 0.25) is 5.91 Å². The van der Waals surface area contributed by atoms with E-state index >= 15 is 0 Å². The predicted octanol–water partition coefficient (Wildman–Crippen LogP) is 3.23. The number of amides is 2. The molecule has 1 unspecified atom stereocenters. The van der Waals surface area contributed by atoms with E-state index in [2.05, 4.69) is 17.4 Å². The largest absolute Gasteiger partial charge is 0.493 e. The van der Waals surface area contributed by atoms with Crippen molar-refractivity contribution in [3.63, 3.8) is 0 Å². The fourth-order valence-corrected chi connectivity index (χ4v) is 3.58. The Morgan fingerprint density at radius 2 is 1.79 bits per heavy atom. The van der Waals surface area contributed by atoms with E-state index in [0.717, 1.165) is 12.8 Å². The summed E-state index contributed by atoms with van der Waals surface area (Å²) in [7, 11) is 0. The molecule has 7 nitrogen and oxygen atoms in total. The molecular formula is C26H32N2O5. The molecular weight excluding hydrogens is 420 g/mol. The van der Waals surface area contributed by atoms with Crippen molar-refractivity contribution in [2.45, 2.75) is 39.2 Å². The predicted molar refractivity (Wildman–Crippen MR) is 125 cm³/mol. The standard InChI is InChI=1S/C26H32N2O5/c1-19(2)12-16-33-24(29)18-23-25(30)27-14-15-28(23)26(31)21-8-10-22(11-9-21)32-17-13-20-6-4-3-5-7-20/h3-11,19,23H,12-18H2,1-2H3,(H,27,30). The van der Waals surface area contributed by atoms with Gasteiger partial charge in [0, 0.05) is 25.1 Å². The zero-order chi connectivity index (χ0) is 23.6. The number of carbonyl (C=O) groups is 3. The van der Waals surface area contributed by atoms with E-state index in [1.165, 1.54) is 10.5 Å². The number of carbonyl (C=O) groups excluding carboxylic acids is 3. The molecule has 7 heteroatoms. The second-order valence-corrected chi connectivity index (χ2v) is 8.52. The van der Waals surface area contributed by atoms with Crippen LogP contribution in [0.1, 0.15) is 42.6 Å². The Kier molecular flexibility index (Phi) is 8.87. The normalized spacial score (nSPS) is 15.8. The van der Waals surface area contributed by atoms with Gasteiger partial charge < -0.3 is 19.7 Å². The van der Waals surface area contributed by atoms with Gasteiger partial charge >= 0.3 is 5.97 Å². The molecule has 1 aliphatic heterocycles. The Morgan fingerprint density at radius 1 is 1.06 bits per heavy atom. The summed E-state index contributed by atoms with van der Waals surface area (Å²) in [6.45, 7) is 5.62. The highest BCUT2D eigenvalue weighted by atomic mass is 16.5. The minimum atomic E-state index is -0.875. The first-order chi connectivity index (χ1) is 15.9. The SMILES string of the molecule is CC(C)CCOC(=O)CC1C(=O)NCCN1C(=O)c1ccc(OCCc2ccccc2)cc1. The van der Waals surface area contributed by atoms with Gasteiger partial charge in [0.1, 0.15) is 11.8 Å². The molecule has 176 valence electrons. The van der Waals surface area contributed by atoms with Crippen molar-refractivity contribution in [3.8, 4) is 5.75 Å². The van der Waals surface area contributed by atoms with Crippen LogP contribution in [0.2, 0.25) is 0 Å². The summed E-state index contributed by atoms with van der Waals surface area (Å²) in [6.07, 6.45) is 1.39. The fraction of sp³-hybridized carbons (Fsp3) is 0.423. The van der Waals surface area contributed by atoms with Gasteiger partial charge in [0.25, 0.3) is 5.91 Å². The number of hydrogen-bond acceptors (Lipinski definition) is 5. The Balaban J connectivity index is 1.56. The minimum Gasteiger partial charge on any atom is -0.493 e. The molecule has 1 heterocycles. The average molecular weight is 453 g/mol. The number of piperazine rings is 1. The Hall–Kier alpha value is -3.35. The van der Waals surface area contributed by atoms with Crippen LogP contribution in [0.5, 0.6) is 5.75 Å². The van der Waals surface area contributed by atoms with E-state index in [1.807, 2.05) is 32.0 Å². The van der Waals surface area contributed by atoms with E-state index < -0.39 is 12.0 Å². The maximum absolute atomic E-state index is 13.1. The Morgan fingerprint density at radius 3 is 2.48 bits per heavy atom. The van der Waals surface area contributed by atoms with Crippen LogP contribution in [0, 0.1) is 5.92 Å². The summed E-state index contributed by atoms with van der Waals surface area (Å²) in [5.74, 6) is -0.0158. The van der Waals surface area contributed by atoms with Gasteiger partial charge in [-0.05, 0) is 42.2 Å². The summed E-state index contributed by atoms with van der Waals surface area (Å²) in [5, 5.41) is 2.73. The highest BCUT2D eigenvalue weighted by Crippen LogP contribution is 2.18. The number of ether oxygens (including phenoxy) is 2. The highest BCUT2D eigenvalue weighted by Gasteiger charge is 2.35. The molecule has 1 atom stereocenters. The van der Waals surface area contributed by atoms with Crippen LogP contribution in [0.25, 0.3) is 0 Å². The van der Waals surface area contributed by atoms with Crippen molar-refractivity contribution >= 4 is 17.8 Å². The molecule has 3 rings (SSSR count). The van der Waals surface area contributed by atoms with Gasteiger partial charge in [0.15, 0.2) is 0 Å². The number of benzene rings is 2. The lowest BCUT2D eigenvalue weighted by Crippen LogP contribution is -2.57. The fourth-order valence-electron chi connectivity index (χ4n) is 3.58. The van der Waals surface area contributed by atoms with Gasteiger partial charge in [-0.25, -0.2) is 0 Å². The van der Waals surface area contributed by atoms with Crippen LogP contribution in [-0.4, -0.2) is 55.0 Å². The van der Waals surface area contributed by atoms with Crippen molar-refractivity contribution in [2.75, 3.05) is 26.3 Å². The van der Waals surface area contributed by atoms with E-state index in [9.17, 15) is 14.4 Å². The van der Waals surface area contributed by atoms with Gasteiger partial charge in [-0.1, -0.05) is 44.2 Å². The lowest BCUT2D eigenvalue weighted by Gasteiger charge is -2.34. The van der Waals surface area contributed by atoms with Crippen LogP contribution in [0.15, 0.2) is 54.6 Å². The van der Waals surface area contributed by atoms with Crippen molar-refractivity contribution in [2.24, 2.45) is 5.92 Å². The average Bonchev–Trinajstić information content (AvgIpc) is 2.81. The van der Waals surface area contributed by atoms with Crippen molar-refractivity contribution < 1.29 is 23.9 Å². The smallest absolute Gasteiger partial charge is 0.308 e. The van der Waals surface area contributed by atoms with Crippen molar-refractivity contribution in [3.05, 3.63) is 65.7 Å². The number of esters is 1. The van der Waals surface area contributed by atoms with Gasteiger partial charge in [-0.15, -0.1) is 0 Å². The third-order valence-corrected chi connectivity index (χ3v) is 5.51. The molecule has 1 saturated heterocycles. The molecule has 0 bridgehead atoms. The summed E-state index contributed by atoms with van der Waals surface area (Å²) in [5.41, 5.74) is 1.64. The van der Waals surface area contributed by atoms with E-state index in [1.54, 1.807) is 24.3 Å². The molecule has 1 aliphatic rings. The number of nitrogens with zero attached hydrogens (tertiary/aromatic N) is 1. The molecule has 0 radical (unpaired) electrons. The molecule has 33 heavy (non-hydrogen) atoms. The first-order valence-electron chi connectivity index (χ1n) is 11.4. The van der Waals surface area contributed by atoms with Crippen molar-refractivity contribution in [1.29, 1.82) is 0 Å². The van der Waals surface area contributed by atoms with Crippen LogP contribution >= 0.6 is 0 Å². The minimum absolute atomic E-state index is 0.156. The second-order valence-electron chi connectivity index (χ2n) is 8.52. The van der Waals surface area contributed by atoms with Gasteiger partial charge in [-0.3, -0.25) is 14.4 Å². The molecule has 0 aromatic heterocycles. The number of nitrogens with one attached hydrogen (secondary N) is 1. The summed E-state index contributed by atoms with van der Waals surface area (Å²) in [6, 6.07) is 16.1. The number of hydrogen-bond donors (Lipinski definition) is 1. The van der Waals surface area contributed by atoms with Gasteiger partial charge in [0.05, 0.1) is 19.6 Å². The molecule has 2 amide bonds. The van der Waals surface area contributed by atoms with Crippen molar-refractivity contribution in [1.82, 2.24) is 10.2 Å². The molecule has 2 aromatic carbocycles. The van der Waals surface area contributed by atoms with E-state index in [-0.39, 0.29) is 18.2 Å². The summed E-state index contributed by atoms with van der Waals surface area (Å²) >= 11 is 0. The quantitative estimate of drug-likeness (QED) is 0.560. The maximum Gasteiger partial charge on any atom is 0.308 e. The molecule has 0 saturated carbocycles. The second kappa shape index (κ2) is 12.0. The first-order valence-corrected chi connectivity index (χ1v) is 11.4. The lowest BCUT2D eigenvalue weighted by atomic mass is 10.1. The van der Waals surface area contributed by atoms with Gasteiger partial charge in [-0.2, -0.15) is 0 Å². The molecule has 2 aromatic rings. The molecule has 0 spiro atoms. The zero-order valence-corrected chi connectivity index (χ0v) is 19.3. The Bertz CT molecular complexity index is 927. The van der Waals surface area contributed by atoms with E-state index in [0.29, 0.717) is 43.5 Å². The first kappa shape index (κ1) is 24.3. The lowest BCUT2D eigenvalue weighted by molar-refractivity contribution is -0.148. The molecule has 0 aliphatic carbocycles. The molecule has 1 N–H and O–H groups in total. The van der Waals surface area contributed by atoms with Crippen LogP contribution in [0.4, 0.5) is 0 Å². The topological polar surface area (TPSA) is 84.9 Å².